The van der Waals surface area contributed by atoms with E-state index in [0.29, 0.717) is 5.92 Å². The highest BCUT2D eigenvalue weighted by Gasteiger charge is 2.23. The molecule has 0 saturated carbocycles. The summed E-state index contributed by atoms with van der Waals surface area (Å²) in [5.41, 5.74) is 0.939. The van der Waals surface area contributed by atoms with Gasteiger partial charge in [0.1, 0.15) is 5.76 Å². The lowest BCUT2D eigenvalue weighted by Crippen LogP contribution is -2.36. The van der Waals surface area contributed by atoms with Crippen molar-refractivity contribution in [2.45, 2.75) is 13.3 Å². The fourth-order valence-electron chi connectivity index (χ4n) is 1.47. The summed E-state index contributed by atoms with van der Waals surface area (Å²) in [6.45, 7) is 2.23. The second-order valence-electron chi connectivity index (χ2n) is 3.15. The maximum Gasteiger partial charge on any atom is 0.262 e. The molecule has 0 aromatic carbocycles. The lowest BCUT2D eigenvalue weighted by atomic mass is 9.97. The molecule has 0 fully saturated rings. The molecule has 3 nitrogen and oxygen atoms in total. The minimum absolute atomic E-state index is 0.0455. The Labute approximate surface area is 71.1 Å². The second-order valence-corrected chi connectivity index (χ2v) is 3.15. The molecule has 12 heavy (non-hydrogen) atoms. The molecule has 2 aliphatic rings. The Morgan fingerprint density at radius 1 is 1.67 bits per heavy atom. The van der Waals surface area contributed by atoms with Crippen LogP contribution in [0.25, 0.3) is 0 Å². The Bertz CT molecular complexity index is 278. The van der Waals surface area contributed by atoms with Crippen LogP contribution in [0.15, 0.2) is 23.6 Å². The van der Waals surface area contributed by atoms with Crippen LogP contribution in [0.1, 0.15) is 13.3 Å². The van der Waals surface area contributed by atoms with Crippen molar-refractivity contribution < 1.29 is 9.53 Å². The molecule has 1 unspecified atom stereocenters. The number of hydrogen-bond acceptors (Lipinski definition) is 2. The van der Waals surface area contributed by atoms with Crippen molar-refractivity contribution in [1.82, 2.24) is 5.32 Å². The predicted octanol–water partition coefficient (Wildman–Crippen LogP) is 0.940. The molecule has 0 saturated heterocycles. The minimum atomic E-state index is -0.0455. The van der Waals surface area contributed by atoms with Crippen molar-refractivity contribution in [2.75, 3.05) is 6.61 Å². The number of rotatable bonds is 0. The summed E-state index contributed by atoms with van der Waals surface area (Å²) in [7, 11) is 0. The van der Waals surface area contributed by atoms with Crippen LogP contribution in [0.2, 0.25) is 0 Å². The van der Waals surface area contributed by atoms with Gasteiger partial charge >= 0.3 is 0 Å². The average Bonchev–Trinajstić information content (AvgIpc) is 2.07. The van der Waals surface area contributed by atoms with E-state index in [1.54, 1.807) is 0 Å². The van der Waals surface area contributed by atoms with Gasteiger partial charge in [-0.1, -0.05) is 13.0 Å². The summed E-state index contributed by atoms with van der Waals surface area (Å²) in [6, 6.07) is 0. The third-order valence-corrected chi connectivity index (χ3v) is 2.15. The van der Waals surface area contributed by atoms with Gasteiger partial charge in [-0.05, 0) is 12.5 Å². The summed E-state index contributed by atoms with van der Waals surface area (Å²) >= 11 is 0. The molecule has 0 bridgehead atoms. The van der Waals surface area contributed by atoms with E-state index in [-0.39, 0.29) is 12.5 Å². The Morgan fingerprint density at radius 3 is 3.33 bits per heavy atom. The third kappa shape index (κ3) is 1.11. The summed E-state index contributed by atoms with van der Waals surface area (Å²) in [6.07, 6.45) is 4.97. The largest absolute Gasteiger partial charge is 0.482 e. The standard InChI is InChI=1S/C9H11NO2/c1-6-3-2-4-7-9(6)10-8(11)5-12-7/h2,4,6H,3,5H2,1H3,(H,10,11). The van der Waals surface area contributed by atoms with Gasteiger partial charge in [-0.2, -0.15) is 0 Å². The molecule has 0 aromatic heterocycles. The van der Waals surface area contributed by atoms with E-state index < -0.39 is 0 Å². The topological polar surface area (TPSA) is 38.3 Å². The van der Waals surface area contributed by atoms with Crippen LogP contribution in [0.3, 0.4) is 0 Å². The maximum absolute atomic E-state index is 11.0. The van der Waals surface area contributed by atoms with Gasteiger partial charge in [-0.3, -0.25) is 4.79 Å². The van der Waals surface area contributed by atoms with Crippen LogP contribution in [-0.2, 0) is 9.53 Å². The highest BCUT2D eigenvalue weighted by Crippen LogP contribution is 2.25. The van der Waals surface area contributed by atoms with E-state index >= 15 is 0 Å². The second kappa shape index (κ2) is 2.66. The van der Waals surface area contributed by atoms with E-state index in [1.165, 1.54) is 0 Å². The zero-order valence-corrected chi connectivity index (χ0v) is 6.96. The number of carbonyl (C=O) groups excluding carboxylic acids is 1. The molecule has 1 N–H and O–H groups in total. The SMILES string of the molecule is CC1CC=CC2=C1NC(=O)CO2. The molecule has 1 amide bonds. The molecule has 64 valence electrons. The number of ether oxygens (including phenoxy) is 1. The van der Waals surface area contributed by atoms with E-state index in [0.717, 1.165) is 17.9 Å². The number of nitrogens with one attached hydrogen (secondary N) is 1. The zero-order valence-electron chi connectivity index (χ0n) is 6.96. The molecule has 1 atom stereocenters. The lowest BCUT2D eigenvalue weighted by molar-refractivity contribution is -0.125. The smallest absolute Gasteiger partial charge is 0.262 e. The van der Waals surface area contributed by atoms with Gasteiger partial charge in [0.25, 0.3) is 5.91 Å². The van der Waals surface area contributed by atoms with E-state index in [4.69, 9.17) is 4.74 Å². The third-order valence-electron chi connectivity index (χ3n) is 2.15. The number of amides is 1. The van der Waals surface area contributed by atoms with Crippen LogP contribution in [0.4, 0.5) is 0 Å². The fraction of sp³-hybridized carbons (Fsp3) is 0.444. The summed E-state index contributed by atoms with van der Waals surface area (Å²) in [4.78, 5) is 11.0. The van der Waals surface area contributed by atoms with Gasteiger partial charge in [0, 0.05) is 5.92 Å². The molecule has 0 spiro atoms. The van der Waals surface area contributed by atoms with Gasteiger partial charge in [0.05, 0.1) is 5.70 Å². The zero-order chi connectivity index (χ0) is 8.55. The Morgan fingerprint density at radius 2 is 2.50 bits per heavy atom. The van der Waals surface area contributed by atoms with Crippen molar-refractivity contribution in [1.29, 1.82) is 0 Å². The molecular formula is C9H11NO2. The van der Waals surface area contributed by atoms with Gasteiger partial charge in [0.2, 0.25) is 0 Å². The first-order valence-electron chi connectivity index (χ1n) is 4.11. The Kier molecular flexibility index (Phi) is 1.64. The van der Waals surface area contributed by atoms with Crippen LogP contribution in [-0.4, -0.2) is 12.5 Å². The highest BCUT2D eigenvalue weighted by molar-refractivity contribution is 5.80. The lowest BCUT2D eigenvalue weighted by Gasteiger charge is -2.26. The van der Waals surface area contributed by atoms with Crippen LogP contribution < -0.4 is 5.32 Å². The number of allylic oxidation sites excluding steroid dienone is 3. The fourth-order valence-corrected chi connectivity index (χ4v) is 1.47. The van der Waals surface area contributed by atoms with Crippen molar-refractivity contribution in [2.24, 2.45) is 5.92 Å². The molecule has 1 aliphatic carbocycles. The van der Waals surface area contributed by atoms with Crippen molar-refractivity contribution in [3.63, 3.8) is 0 Å². The van der Waals surface area contributed by atoms with Crippen LogP contribution >= 0.6 is 0 Å². The van der Waals surface area contributed by atoms with Gasteiger partial charge in [-0.25, -0.2) is 0 Å². The van der Waals surface area contributed by atoms with E-state index in [9.17, 15) is 4.79 Å². The summed E-state index contributed by atoms with van der Waals surface area (Å²) in [5, 5.41) is 2.83. The highest BCUT2D eigenvalue weighted by atomic mass is 16.5. The first-order valence-corrected chi connectivity index (χ1v) is 4.11. The molecule has 3 heteroatoms. The summed E-state index contributed by atoms with van der Waals surface area (Å²) in [5.74, 6) is 1.15. The molecule has 0 aromatic rings. The Balaban J connectivity index is 2.31. The maximum atomic E-state index is 11.0. The van der Waals surface area contributed by atoms with Gasteiger partial charge < -0.3 is 10.1 Å². The predicted molar refractivity (Wildman–Crippen MR) is 44.0 cm³/mol. The van der Waals surface area contributed by atoms with Crippen LogP contribution in [0.5, 0.6) is 0 Å². The van der Waals surface area contributed by atoms with Gasteiger partial charge in [-0.15, -0.1) is 0 Å². The van der Waals surface area contributed by atoms with E-state index in [2.05, 4.69) is 18.3 Å². The molecule has 0 radical (unpaired) electrons. The van der Waals surface area contributed by atoms with E-state index in [1.807, 2.05) is 6.08 Å². The molecular weight excluding hydrogens is 154 g/mol. The van der Waals surface area contributed by atoms with Crippen molar-refractivity contribution in [3.8, 4) is 0 Å². The van der Waals surface area contributed by atoms with Crippen molar-refractivity contribution >= 4 is 5.91 Å². The Hall–Kier alpha value is -1.25. The molecule has 2 rings (SSSR count). The first kappa shape index (κ1) is 7.40. The summed E-state index contributed by atoms with van der Waals surface area (Å²) < 4.78 is 5.25. The monoisotopic (exact) mass is 165 g/mol. The van der Waals surface area contributed by atoms with Gasteiger partial charge in [0.15, 0.2) is 6.61 Å². The number of carbonyl (C=O) groups is 1. The quantitative estimate of drug-likeness (QED) is 0.580. The van der Waals surface area contributed by atoms with Crippen molar-refractivity contribution in [3.05, 3.63) is 23.6 Å². The number of hydrogen-bond donors (Lipinski definition) is 1. The minimum Gasteiger partial charge on any atom is -0.482 e. The molecule has 1 aliphatic heterocycles. The van der Waals surface area contributed by atoms with Crippen LogP contribution in [0, 0.1) is 5.92 Å². The normalized spacial score (nSPS) is 27.8. The average molecular weight is 165 g/mol. The molecule has 1 heterocycles. The first-order chi connectivity index (χ1) is 5.77.